The van der Waals surface area contributed by atoms with Crippen LogP contribution in [0.25, 0.3) is 0 Å². The molecule has 0 radical (unpaired) electrons. The van der Waals surface area contributed by atoms with Crippen LogP contribution in [0.1, 0.15) is 24.8 Å². The molecule has 2 unspecified atom stereocenters. The third-order valence-corrected chi connectivity index (χ3v) is 3.06. The number of rotatable bonds is 6. The molecule has 1 aromatic carbocycles. The van der Waals surface area contributed by atoms with E-state index in [0.29, 0.717) is 5.56 Å². The topological polar surface area (TPSA) is 73.9 Å². The van der Waals surface area contributed by atoms with Gasteiger partial charge in [0.05, 0.1) is 18.7 Å². The van der Waals surface area contributed by atoms with Gasteiger partial charge in [-0.15, -0.1) is 6.58 Å². The fourth-order valence-electron chi connectivity index (χ4n) is 2.08. The van der Waals surface area contributed by atoms with Crippen LogP contribution in [0, 0.1) is 28.1 Å². The van der Waals surface area contributed by atoms with Crippen LogP contribution in [-0.2, 0) is 9.53 Å². The molecule has 0 aliphatic carbocycles. The van der Waals surface area contributed by atoms with Gasteiger partial charge in [-0.05, 0) is 18.9 Å². The minimum Gasteiger partial charge on any atom is -0.465 e. The summed E-state index contributed by atoms with van der Waals surface area (Å²) in [6.45, 7) is 5.40. The molecule has 0 spiro atoms. The summed E-state index contributed by atoms with van der Waals surface area (Å²) in [5, 5.41) is 19.0. The van der Waals surface area contributed by atoms with E-state index in [1.807, 2.05) is 12.1 Å². The lowest BCUT2D eigenvalue weighted by Gasteiger charge is -2.27. The summed E-state index contributed by atoms with van der Waals surface area (Å²) in [4.78, 5) is 12.2. The van der Waals surface area contributed by atoms with Gasteiger partial charge in [-0.25, -0.2) is 0 Å². The highest BCUT2D eigenvalue weighted by atomic mass is 16.5. The first-order chi connectivity index (χ1) is 9.66. The zero-order chi connectivity index (χ0) is 15.0. The quantitative estimate of drug-likeness (QED) is 0.587. The Morgan fingerprint density at radius 3 is 2.55 bits per heavy atom. The molecule has 102 valence electrons. The molecule has 20 heavy (non-hydrogen) atoms. The number of esters is 1. The number of carbonyl (C=O) groups excluding carboxylic acids is 1. The number of ether oxygens (including phenoxy) is 1. The van der Waals surface area contributed by atoms with Crippen molar-refractivity contribution in [3.63, 3.8) is 0 Å². The summed E-state index contributed by atoms with van der Waals surface area (Å²) in [5.74, 6) is -1.58. The van der Waals surface area contributed by atoms with Crippen molar-refractivity contribution in [3.05, 3.63) is 48.6 Å². The van der Waals surface area contributed by atoms with Crippen LogP contribution in [0.4, 0.5) is 0 Å². The molecule has 1 aromatic rings. The van der Waals surface area contributed by atoms with Crippen LogP contribution in [-0.4, -0.2) is 12.6 Å². The monoisotopic (exact) mass is 268 g/mol. The number of nitrogens with zero attached hydrogens (tertiary/aromatic N) is 2. The van der Waals surface area contributed by atoms with Crippen molar-refractivity contribution < 1.29 is 9.53 Å². The van der Waals surface area contributed by atoms with Crippen molar-refractivity contribution in [1.82, 2.24) is 0 Å². The Balaban J connectivity index is 3.35. The summed E-state index contributed by atoms with van der Waals surface area (Å²) in [6.07, 6.45) is 1.53. The van der Waals surface area contributed by atoms with Gasteiger partial charge in [0.1, 0.15) is 5.92 Å². The summed E-state index contributed by atoms with van der Waals surface area (Å²) in [6, 6.07) is 12.8. The molecule has 0 N–H and O–H groups in total. The van der Waals surface area contributed by atoms with E-state index in [9.17, 15) is 15.3 Å². The molecule has 0 amide bonds. The fraction of sp³-hybridized carbons (Fsp3) is 0.312. The standard InChI is InChI=1S/C16H16N2O2/c1-3-10-16(12-18,15(19)20-4-2)14(11-17)13-8-6-5-7-9-13/h3,5-9,14H,1,4,10H2,2H3. The minimum absolute atomic E-state index is 0.0649. The SMILES string of the molecule is C=CCC(C#N)(C(=O)OCC)C(C#N)c1ccccc1. The second kappa shape index (κ2) is 7.11. The molecule has 0 aliphatic heterocycles. The largest absolute Gasteiger partial charge is 0.465 e. The Labute approximate surface area is 118 Å². The van der Waals surface area contributed by atoms with Gasteiger partial charge in [0.2, 0.25) is 0 Å². The van der Waals surface area contributed by atoms with Crippen LogP contribution >= 0.6 is 0 Å². The first-order valence-corrected chi connectivity index (χ1v) is 6.30. The third-order valence-electron chi connectivity index (χ3n) is 3.06. The van der Waals surface area contributed by atoms with E-state index >= 15 is 0 Å². The van der Waals surface area contributed by atoms with Gasteiger partial charge in [0, 0.05) is 0 Å². The summed E-state index contributed by atoms with van der Waals surface area (Å²) in [5.41, 5.74) is -0.945. The summed E-state index contributed by atoms with van der Waals surface area (Å²) >= 11 is 0. The molecular formula is C16H16N2O2. The number of carbonyl (C=O) groups is 1. The van der Waals surface area contributed by atoms with E-state index in [2.05, 4.69) is 12.6 Å². The predicted molar refractivity (Wildman–Crippen MR) is 74.3 cm³/mol. The molecule has 4 heteroatoms. The van der Waals surface area contributed by atoms with Gasteiger partial charge < -0.3 is 4.74 Å². The van der Waals surface area contributed by atoms with E-state index in [0.717, 1.165) is 0 Å². The maximum absolute atomic E-state index is 12.2. The first-order valence-electron chi connectivity index (χ1n) is 6.30. The molecule has 0 saturated carbocycles. The lowest BCUT2D eigenvalue weighted by molar-refractivity contribution is -0.152. The van der Waals surface area contributed by atoms with E-state index < -0.39 is 17.3 Å². The van der Waals surface area contributed by atoms with Gasteiger partial charge in [-0.1, -0.05) is 36.4 Å². The van der Waals surface area contributed by atoms with Gasteiger partial charge in [0.25, 0.3) is 0 Å². The van der Waals surface area contributed by atoms with Crippen molar-refractivity contribution in [3.8, 4) is 12.1 Å². The Morgan fingerprint density at radius 2 is 2.10 bits per heavy atom. The maximum Gasteiger partial charge on any atom is 0.328 e. The Hall–Kier alpha value is -2.59. The Morgan fingerprint density at radius 1 is 1.45 bits per heavy atom. The lowest BCUT2D eigenvalue weighted by atomic mass is 9.71. The van der Waals surface area contributed by atoms with E-state index in [1.54, 1.807) is 31.2 Å². The second-order valence-electron chi connectivity index (χ2n) is 4.27. The molecule has 1 rings (SSSR count). The molecule has 0 aromatic heterocycles. The molecule has 0 bridgehead atoms. The summed E-state index contributed by atoms with van der Waals surface area (Å²) < 4.78 is 4.99. The van der Waals surface area contributed by atoms with Crippen molar-refractivity contribution >= 4 is 5.97 Å². The zero-order valence-electron chi connectivity index (χ0n) is 11.4. The fourth-order valence-corrected chi connectivity index (χ4v) is 2.08. The first kappa shape index (κ1) is 15.5. The molecule has 0 fully saturated rings. The lowest BCUT2D eigenvalue weighted by Crippen LogP contribution is -2.37. The van der Waals surface area contributed by atoms with Crippen molar-refractivity contribution in [2.75, 3.05) is 6.61 Å². The number of hydrogen-bond acceptors (Lipinski definition) is 4. The van der Waals surface area contributed by atoms with Gasteiger partial charge in [-0.3, -0.25) is 4.79 Å². The minimum atomic E-state index is -1.56. The van der Waals surface area contributed by atoms with Crippen molar-refractivity contribution in [2.45, 2.75) is 19.3 Å². The van der Waals surface area contributed by atoms with Crippen LogP contribution in [0.2, 0.25) is 0 Å². The number of hydrogen-bond donors (Lipinski definition) is 0. The average molecular weight is 268 g/mol. The third kappa shape index (κ3) is 2.87. The normalized spacial score (nSPS) is 14.2. The van der Waals surface area contributed by atoms with Crippen LogP contribution in [0.15, 0.2) is 43.0 Å². The summed E-state index contributed by atoms with van der Waals surface area (Å²) in [7, 11) is 0. The highest BCUT2D eigenvalue weighted by Crippen LogP contribution is 2.40. The second-order valence-corrected chi connectivity index (χ2v) is 4.27. The maximum atomic E-state index is 12.2. The average Bonchev–Trinajstić information content (AvgIpc) is 2.48. The molecule has 0 saturated heterocycles. The van der Waals surface area contributed by atoms with Crippen LogP contribution < -0.4 is 0 Å². The van der Waals surface area contributed by atoms with Crippen molar-refractivity contribution in [2.24, 2.45) is 5.41 Å². The van der Waals surface area contributed by atoms with Crippen LogP contribution in [0.5, 0.6) is 0 Å². The number of benzene rings is 1. The molecule has 0 aliphatic rings. The van der Waals surface area contributed by atoms with Gasteiger partial charge in [-0.2, -0.15) is 10.5 Å². The smallest absolute Gasteiger partial charge is 0.328 e. The molecule has 4 nitrogen and oxygen atoms in total. The van der Waals surface area contributed by atoms with E-state index in [-0.39, 0.29) is 13.0 Å². The Bertz CT molecular complexity index is 554. The van der Waals surface area contributed by atoms with Crippen molar-refractivity contribution in [1.29, 1.82) is 10.5 Å². The zero-order valence-corrected chi connectivity index (χ0v) is 11.4. The molecule has 2 atom stereocenters. The highest BCUT2D eigenvalue weighted by Gasteiger charge is 2.48. The highest BCUT2D eigenvalue weighted by molar-refractivity contribution is 5.82. The van der Waals surface area contributed by atoms with E-state index in [4.69, 9.17) is 4.74 Å². The van der Waals surface area contributed by atoms with Gasteiger partial charge in [0.15, 0.2) is 5.41 Å². The predicted octanol–water partition coefficient (Wildman–Crippen LogP) is 2.94. The molecular weight excluding hydrogens is 252 g/mol. The molecule has 0 heterocycles. The van der Waals surface area contributed by atoms with E-state index in [1.165, 1.54) is 6.08 Å². The Kier molecular flexibility index (Phi) is 5.50. The number of allylic oxidation sites excluding steroid dienone is 1. The van der Waals surface area contributed by atoms with Crippen LogP contribution in [0.3, 0.4) is 0 Å². The number of nitriles is 2. The van der Waals surface area contributed by atoms with Gasteiger partial charge >= 0.3 is 5.97 Å².